The molecule has 0 radical (unpaired) electrons. The quantitative estimate of drug-likeness (QED) is 0.691. The van der Waals surface area contributed by atoms with Gasteiger partial charge in [0.2, 0.25) is 0 Å². The van der Waals surface area contributed by atoms with Crippen LogP contribution in [0.5, 0.6) is 0 Å². The van der Waals surface area contributed by atoms with E-state index in [9.17, 15) is 18.0 Å². The number of carboxylic acid groups (broad SMARTS) is 1. The highest BCUT2D eigenvalue weighted by molar-refractivity contribution is 5.72. The van der Waals surface area contributed by atoms with E-state index >= 15 is 0 Å². The first kappa shape index (κ1) is 11.3. The molecule has 1 aliphatic rings. The third-order valence-electron chi connectivity index (χ3n) is 2.78. The molecule has 3 N–H and O–H groups in total. The fourth-order valence-electron chi connectivity index (χ4n) is 1.88. The van der Waals surface area contributed by atoms with Crippen molar-refractivity contribution in [3.05, 3.63) is 0 Å². The van der Waals surface area contributed by atoms with Gasteiger partial charge < -0.3 is 10.8 Å². The van der Waals surface area contributed by atoms with Gasteiger partial charge >= 0.3 is 12.1 Å². The average molecular weight is 211 g/mol. The first-order valence-corrected chi connectivity index (χ1v) is 4.37. The lowest BCUT2D eigenvalue weighted by Crippen LogP contribution is -2.62. The number of hydrogen-bond acceptors (Lipinski definition) is 2. The van der Waals surface area contributed by atoms with Crippen molar-refractivity contribution in [2.45, 2.75) is 37.4 Å². The molecule has 1 aliphatic carbocycles. The molecule has 0 aromatic heterocycles. The first-order valence-electron chi connectivity index (χ1n) is 4.37. The molecule has 2 atom stereocenters. The number of alkyl halides is 3. The van der Waals surface area contributed by atoms with Crippen LogP contribution in [0, 0.1) is 5.92 Å². The third kappa shape index (κ3) is 1.70. The van der Waals surface area contributed by atoms with Crippen LogP contribution in [0.1, 0.15) is 25.7 Å². The molecule has 0 saturated heterocycles. The molecule has 0 aromatic rings. The Morgan fingerprint density at radius 1 is 1.43 bits per heavy atom. The van der Waals surface area contributed by atoms with E-state index in [0.717, 1.165) is 0 Å². The van der Waals surface area contributed by atoms with E-state index in [2.05, 4.69) is 0 Å². The van der Waals surface area contributed by atoms with E-state index in [-0.39, 0.29) is 12.8 Å². The van der Waals surface area contributed by atoms with Crippen LogP contribution in [0.4, 0.5) is 13.2 Å². The fraction of sp³-hybridized carbons (Fsp3) is 0.875. The van der Waals surface area contributed by atoms with Gasteiger partial charge in [-0.15, -0.1) is 0 Å². The highest BCUT2D eigenvalue weighted by Crippen LogP contribution is 2.43. The maximum absolute atomic E-state index is 12.5. The summed E-state index contributed by atoms with van der Waals surface area (Å²) in [7, 11) is 0. The zero-order valence-electron chi connectivity index (χ0n) is 7.47. The summed E-state index contributed by atoms with van der Waals surface area (Å²) in [6.07, 6.45) is -4.11. The van der Waals surface area contributed by atoms with Crippen molar-refractivity contribution in [1.29, 1.82) is 0 Å². The largest absolute Gasteiger partial charge is 0.481 e. The Kier molecular flexibility index (Phi) is 2.76. The van der Waals surface area contributed by atoms with Gasteiger partial charge in [0.15, 0.2) is 0 Å². The van der Waals surface area contributed by atoms with Crippen molar-refractivity contribution >= 4 is 5.97 Å². The second-order valence-corrected chi connectivity index (χ2v) is 3.67. The predicted octanol–water partition coefficient (Wildman–Crippen LogP) is 1.52. The van der Waals surface area contributed by atoms with Gasteiger partial charge in [-0.05, 0) is 12.8 Å². The zero-order valence-corrected chi connectivity index (χ0v) is 7.47. The maximum Gasteiger partial charge on any atom is 0.407 e. The Morgan fingerprint density at radius 3 is 2.36 bits per heavy atom. The van der Waals surface area contributed by atoms with Crippen molar-refractivity contribution in [2.75, 3.05) is 0 Å². The monoisotopic (exact) mass is 211 g/mol. The summed E-state index contributed by atoms with van der Waals surface area (Å²) in [6, 6.07) is 0. The third-order valence-corrected chi connectivity index (χ3v) is 2.78. The van der Waals surface area contributed by atoms with E-state index in [1.54, 1.807) is 0 Å². The number of aliphatic carboxylic acids is 1. The Bertz CT molecular complexity index is 241. The van der Waals surface area contributed by atoms with Crippen molar-refractivity contribution in [1.82, 2.24) is 0 Å². The molecule has 0 unspecified atom stereocenters. The highest BCUT2D eigenvalue weighted by atomic mass is 19.4. The Balaban J connectivity index is 2.97. The van der Waals surface area contributed by atoms with Crippen molar-refractivity contribution in [3.8, 4) is 0 Å². The Labute approximate surface area is 79.1 Å². The van der Waals surface area contributed by atoms with Crippen LogP contribution < -0.4 is 5.73 Å². The number of carboxylic acids is 1. The SMILES string of the molecule is N[C@]1(C(F)(F)F)CCCC[C@@H]1C(=O)O. The fourth-order valence-corrected chi connectivity index (χ4v) is 1.88. The zero-order chi connectivity index (χ0) is 11.0. The highest BCUT2D eigenvalue weighted by Gasteiger charge is 2.59. The molecule has 0 amide bonds. The molecule has 1 fully saturated rings. The van der Waals surface area contributed by atoms with Crippen LogP contribution in [0.3, 0.4) is 0 Å². The summed E-state index contributed by atoms with van der Waals surface area (Å²) in [4.78, 5) is 10.6. The van der Waals surface area contributed by atoms with Crippen molar-refractivity contribution < 1.29 is 23.1 Å². The lowest BCUT2D eigenvalue weighted by atomic mass is 9.73. The van der Waals surface area contributed by atoms with Crippen LogP contribution in [0.25, 0.3) is 0 Å². The smallest absolute Gasteiger partial charge is 0.407 e. The minimum Gasteiger partial charge on any atom is -0.481 e. The lowest BCUT2D eigenvalue weighted by Gasteiger charge is -2.39. The van der Waals surface area contributed by atoms with E-state index in [1.165, 1.54) is 0 Å². The summed E-state index contributed by atoms with van der Waals surface area (Å²) < 4.78 is 37.6. The number of rotatable bonds is 1. The maximum atomic E-state index is 12.5. The molecule has 3 nitrogen and oxygen atoms in total. The molecule has 0 bridgehead atoms. The molecular weight excluding hydrogens is 199 g/mol. The summed E-state index contributed by atoms with van der Waals surface area (Å²) in [5.74, 6) is -2.96. The van der Waals surface area contributed by atoms with Crippen LogP contribution in [0.15, 0.2) is 0 Å². The summed E-state index contributed by atoms with van der Waals surface area (Å²) >= 11 is 0. The molecule has 0 aliphatic heterocycles. The minimum atomic E-state index is -4.64. The van der Waals surface area contributed by atoms with Gasteiger partial charge in [0.25, 0.3) is 0 Å². The summed E-state index contributed by atoms with van der Waals surface area (Å²) in [5, 5.41) is 8.66. The van der Waals surface area contributed by atoms with Gasteiger partial charge in [0, 0.05) is 0 Å². The van der Waals surface area contributed by atoms with Gasteiger partial charge in [-0.1, -0.05) is 12.8 Å². The molecule has 1 rings (SSSR count). The van der Waals surface area contributed by atoms with Gasteiger partial charge in [-0.3, -0.25) is 4.79 Å². The summed E-state index contributed by atoms with van der Waals surface area (Å²) in [6.45, 7) is 0. The standard InChI is InChI=1S/C8H12F3NO2/c9-8(10,11)7(12)4-2-1-3-5(7)6(13)14/h5H,1-4,12H2,(H,13,14)/t5-,7-/m1/s1. The molecule has 1 saturated carbocycles. The van der Waals surface area contributed by atoms with E-state index < -0.39 is 23.6 Å². The number of nitrogens with two attached hydrogens (primary N) is 1. The predicted molar refractivity (Wildman–Crippen MR) is 42.6 cm³/mol. The molecule has 0 heterocycles. The molecule has 14 heavy (non-hydrogen) atoms. The van der Waals surface area contributed by atoms with E-state index in [1.807, 2.05) is 0 Å². The molecule has 82 valence electrons. The summed E-state index contributed by atoms with van der Waals surface area (Å²) in [5.41, 5.74) is 2.63. The number of hydrogen-bond donors (Lipinski definition) is 2. The van der Waals surface area contributed by atoms with E-state index in [0.29, 0.717) is 12.8 Å². The number of halogens is 3. The second-order valence-electron chi connectivity index (χ2n) is 3.67. The number of carbonyl (C=O) groups is 1. The second kappa shape index (κ2) is 3.42. The van der Waals surface area contributed by atoms with Crippen LogP contribution in [-0.2, 0) is 4.79 Å². The first-order chi connectivity index (χ1) is 6.29. The average Bonchev–Trinajstić information content (AvgIpc) is 2.02. The van der Waals surface area contributed by atoms with Crippen molar-refractivity contribution in [3.63, 3.8) is 0 Å². The van der Waals surface area contributed by atoms with Gasteiger partial charge in [0.05, 0.1) is 5.92 Å². The van der Waals surface area contributed by atoms with Crippen LogP contribution in [-0.4, -0.2) is 22.8 Å². The molecule has 0 aromatic carbocycles. The molecule has 6 heteroatoms. The van der Waals surface area contributed by atoms with Crippen LogP contribution in [0.2, 0.25) is 0 Å². The molecular formula is C8H12F3NO2. The van der Waals surface area contributed by atoms with Gasteiger partial charge in [-0.25, -0.2) is 0 Å². The Morgan fingerprint density at radius 2 is 2.00 bits per heavy atom. The van der Waals surface area contributed by atoms with Gasteiger partial charge in [-0.2, -0.15) is 13.2 Å². The van der Waals surface area contributed by atoms with Crippen molar-refractivity contribution in [2.24, 2.45) is 11.7 Å². The van der Waals surface area contributed by atoms with E-state index in [4.69, 9.17) is 10.8 Å². The van der Waals surface area contributed by atoms with Crippen LogP contribution >= 0.6 is 0 Å². The Hall–Kier alpha value is -0.780. The normalized spacial score (nSPS) is 34.1. The van der Waals surface area contributed by atoms with Gasteiger partial charge in [0.1, 0.15) is 5.54 Å². The topological polar surface area (TPSA) is 63.3 Å². The minimum absolute atomic E-state index is 0.00530. The molecule has 0 spiro atoms. The lowest BCUT2D eigenvalue weighted by molar-refractivity contribution is -0.214.